The molecule has 0 fully saturated rings. The van der Waals surface area contributed by atoms with Gasteiger partial charge in [0.05, 0.1) is 0 Å². The molecule has 0 bridgehead atoms. The summed E-state index contributed by atoms with van der Waals surface area (Å²) in [5.41, 5.74) is 0. The molecule has 8 heavy (non-hydrogen) atoms. The molecule has 0 aliphatic heterocycles. The maximum Gasteiger partial charge on any atom is 0.335 e. The van der Waals surface area contributed by atoms with Crippen molar-refractivity contribution in [2.45, 2.75) is 12.3 Å². The van der Waals surface area contributed by atoms with Crippen LogP contribution in [0, 0.1) is 11.3 Å². The van der Waals surface area contributed by atoms with E-state index in [1.807, 2.05) is 0 Å². The monoisotopic (exact) mass is 117 g/mol. The number of rotatable bonds is 2. The third kappa shape index (κ3) is 2.30. The Balaban J connectivity index is 3.76. The normalized spacial score (nSPS) is 10.1. The Morgan fingerprint density at radius 3 is 2.38 bits per heavy atom. The summed E-state index contributed by atoms with van der Waals surface area (Å²) < 4.78 is 23.4. The molecule has 0 aliphatic carbocycles. The maximum atomic E-state index is 11.7. The molecule has 0 atom stereocenters. The van der Waals surface area contributed by atoms with E-state index in [1.54, 1.807) is 0 Å². The first-order valence-corrected chi connectivity index (χ1v) is 2.02. The van der Waals surface area contributed by atoms with Crippen molar-refractivity contribution in [2.24, 2.45) is 0 Å². The molecule has 0 amide bonds. The second-order valence-electron chi connectivity index (χ2n) is 1.31. The molecule has 0 aliphatic rings. The number of nitriles is 1. The predicted octanol–water partition coefficient (Wildman–Crippen LogP) is 1.72. The molecular formula is C5H5F2N. The highest BCUT2D eigenvalue weighted by molar-refractivity contribution is 4.95. The molecule has 3 heteroatoms. The van der Waals surface area contributed by atoms with Crippen LogP contribution in [0.25, 0.3) is 0 Å². The number of hydrogen-bond donors (Lipinski definition) is 0. The smallest absolute Gasteiger partial charge is 0.192 e. The first-order valence-electron chi connectivity index (χ1n) is 2.02. The summed E-state index contributed by atoms with van der Waals surface area (Å²) in [6.07, 6.45) is 0.451. The molecule has 0 rings (SSSR count). The fraction of sp³-hybridized carbons (Fsp3) is 0.400. The van der Waals surface area contributed by atoms with Crippen molar-refractivity contribution in [3.05, 3.63) is 12.7 Å². The average Bonchev–Trinajstić information content (AvgIpc) is 1.67. The van der Waals surface area contributed by atoms with Gasteiger partial charge in [0.25, 0.3) is 0 Å². The topological polar surface area (TPSA) is 23.8 Å². The van der Waals surface area contributed by atoms with Crippen molar-refractivity contribution in [2.75, 3.05) is 0 Å². The Morgan fingerprint density at radius 2 is 2.25 bits per heavy atom. The van der Waals surface area contributed by atoms with Gasteiger partial charge in [-0.15, -0.1) is 6.58 Å². The number of halogens is 2. The molecule has 0 aromatic rings. The number of hydrogen-bond acceptors (Lipinski definition) is 1. The van der Waals surface area contributed by atoms with Crippen molar-refractivity contribution in [1.29, 1.82) is 5.26 Å². The second kappa shape index (κ2) is 2.41. The van der Waals surface area contributed by atoms with E-state index in [0.717, 1.165) is 12.1 Å². The summed E-state index contributed by atoms with van der Waals surface area (Å²) in [7, 11) is 0. The van der Waals surface area contributed by atoms with Gasteiger partial charge in [0.1, 0.15) is 6.07 Å². The van der Waals surface area contributed by atoms with E-state index in [0.29, 0.717) is 0 Å². The minimum absolute atomic E-state index is 0.566. The highest BCUT2D eigenvalue weighted by atomic mass is 19.3. The van der Waals surface area contributed by atoms with Gasteiger partial charge in [-0.3, -0.25) is 0 Å². The van der Waals surface area contributed by atoms with Gasteiger partial charge in [0, 0.05) is 6.42 Å². The Hall–Kier alpha value is -0.910. The summed E-state index contributed by atoms with van der Waals surface area (Å²) in [4.78, 5) is 0. The van der Waals surface area contributed by atoms with E-state index in [1.165, 1.54) is 0 Å². The van der Waals surface area contributed by atoms with Crippen LogP contribution < -0.4 is 0 Å². The molecule has 0 unspecified atom stereocenters. The Morgan fingerprint density at radius 1 is 1.75 bits per heavy atom. The molecule has 0 aromatic heterocycles. The van der Waals surface area contributed by atoms with Gasteiger partial charge < -0.3 is 0 Å². The van der Waals surface area contributed by atoms with Crippen LogP contribution in [0.15, 0.2) is 12.7 Å². The SMILES string of the molecule is C=CCC(F)(F)C#N. The van der Waals surface area contributed by atoms with Crippen molar-refractivity contribution >= 4 is 0 Å². The quantitative estimate of drug-likeness (QED) is 0.505. The summed E-state index contributed by atoms with van der Waals surface area (Å²) >= 11 is 0. The Labute approximate surface area is 46.2 Å². The summed E-state index contributed by atoms with van der Waals surface area (Å²) in [6, 6.07) is 0.838. The molecule has 0 spiro atoms. The number of nitrogens with zero attached hydrogens (tertiary/aromatic N) is 1. The zero-order chi connectivity index (χ0) is 6.62. The maximum absolute atomic E-state index is 11.7. The minimum Gasteiger partial charge on any atom is -0.192 e. The summed E-state index contributed by atoms with van der Waals surface area (Å²) in [5, 5.41) is 7.68. The van der Waals surface area contributed by atoms with E-state index < -0.39 is 12.3 Å². The molecule has 44 valence electrons. The van der Waals surface area contributed by atoms with E-state index in [9.17, 15) is 8.78 Å². The lowest BCUT2D eigenvalue weighted by atomic mass is 10.3. The van der Waals surface area contributed by atoms with Gasteiger partial charge in [0.2, 0.25) is 0 Å². The third-order valence-electron chi connectivity index (χ3n) is 0.564. The van der Waals surface area contributed by atoms with Crippen LogP contribution in [-0.4, -0.2) is 5.92 Å². The number of alkyl halides is 2. The Kier molecular flexibility index (Phi) is 2.14. The van der Waals surface area contributed by atoms with Gasteiger partial charge in [-0.05, 0) is 0 Å². The van der Waals surface area contributed by atoms with Crippen molar-refractivity contribution in [3.8, 4) is 6.07 Å². The van der Waals surface area contributed by atoms with Gasteiger partial charge in [-0.1, -0.05) is 6.08 Å². The highest BCUT2D eigenvalue weighted by Crippen LogP contribution is 2.15. The standard InChI is InChI=1S/C5H5F2N/c1-2-3-5(6,7)4-8/h2H,1,3H2. The fourth-order valence-electron chi connectivity index (χ4n) is 0.227. The van der Waals surface area contributed by atoms with Gasteiger partial charge in [-0.2, -0.15) is 14.0 Å². The van der Waals surface area contributed by atoms with Crippen LogP contribution in [0.3, 0.4) is 0 Å². The molecule has 0 aromatic carbocycles. The van der Waals surface area contributed by atoms with Crippen LogP contribution in [0.2, 0.25) is 0 Å². The molecule has 0 radical (unpaired) electrons. The van der Waals surface area contributed by atoms with Crippen LogP contribution in [0.1, 0.15) is 6.42 Å². The Bertz CT molecular complexity index is 123. The van der Waals surface area contributed by atoms with E-state index in [-0.39, 0.29) is 0 Å². The van der Waals surface area contributed by atoms with Crippen molar-refractivity contribution < 1.29 is 8.78 Å². The zero-order valence-corrected chi connectivity index (χ0v) is 4.19. The lowest BCUT2D eigenvalue weighted by molar-refractivity contribution is 0.0677. The first kappa shape index (κ1) is 7.09. The van der Waals surface area contributed by atoms with E-state index in [2.05, 4.69) is 6.58 Å². The molecule has 0 N–H and O–H groups in total. The van der Waals surface area contributed by atoms with Crippen LogP contribution in [-0.2, 0) is 0 Å². The number of allylic oxidation sites excluding steroid dienone is 1. The van der Waals surface area contributed by atoms with Gasteiger partial charge >= 0.3 is 5.92 Å². The largest absolute Gasteiger partial charge is 0.335 e. The summed E-state index contributed by atoms with van der Waals surface area (Å²) in [6.45, 7) is 3.06. The van der Waals surface area contributed by atoms with E-state index >= 15 is 0 Å². The van der Waals surface area contributed by atoms with Crippen LogP contribution in [0.4, 0.5) is 8.78 Å². The van der Waals surface area contributed by atoms with E-state index in [4.69, 9.17) is 5.26 Å². The van der Waals surface area contributed by atoms with Crippen molar-refractivity contribution in [1.82, 2.24) is 0 Å². The molecule has 1 nitrogen and oxygen atoms in total. The first-order chi connectivity index (χ1) is 3.62. The van der Waals surface area contributed by atoms with Crippen LogP contribution >= 0.6 is 0 Å². The highest BCUT2D eigenvalue weighted by Gasteiger charge is 2.25. The molecule has 0 saturated heterocycles. The zero-order valence-electron chi connectivity index (χ0n) is 4.19. The lowest BCUT2D eigenvalue weighted by Gasteiger charge is -1.99. The third-order valence-corrected chi connectivity index (χ3v) is 0.564. The predicted molar refractivity (Wildman–Crippen MR) is 25.4 cm³/mol. The molecular weight excluding hydrogens is 112 g/mol. The van der Waals surface area contributed by atoms with Crippen LogP contribution in [0.5, 0.6) is 0 Å². The van der Waals surface area contributed by atoms with Crippen molar-refractivity contribution in [3.63, 3.8) is 0 Å². The fourth-order valence-corrected chi connectivity index (χ4v) is 0.227. The van der Waals surface area contributed by atoms with Gasteiger partial charge in [-0.25, -0.2) is 0 Å². The summed E-state index contributed by atoms with van der Waals surface area (Å²) in [5.74, 6) is -3.22. The second-order valence-corrected chi connectivity index (χ2v) is 1.31. The van der Waals surface area contributed by atoms with Gasteiger partial charge in [0.15, 0.2) is 0 Å². The lowest BCUT2D eigenvalue weighted by Crippen LogP contribution is -2.09. The average molecular weight is 117 g/mol. The molecule has 0 heterocycles. The molecule has 0 saturated carbocycles. The minimum atomic E-state index is -3.22.